The van der Waals surface area contributed by atoms with Gasteiger partial charge in [-0.2, -0.15) is 5.26 Å². The maximum Gasteiger partial charge on any atom is 0.379 e. The van der Waals surface area contributed by atoms with E-state index in [1.165, 1.54) is 19.4 Å². The highest BCUT2D eigenvalue weighted by Gasteiger charge is 2.36. The van der Waals surface area contributed by atoms with Crippen LogP contribution in [0.1, 0.15) is 27.6 Å². The molecule has 0 fully saturated rings. The molecule has 1 aliphatic rings. The summed E-state index contributed by atoms with van der Waals surface area (Å²) in [5, 5.41) is 17.2. The monoisotopic (exact) mass is 532 g/mol. The second-order valence-corrected chi connectivity index (χ2v) is 8.44. The molecular formula is C25H17BrN4O5. The van der Waals surface area contributed by atoms with E-state index in [2.05, 4.69) is 32.2 Å². The van der Waals surface area contributed by atoms with E-state index in [4.69, 9.17) is 24.4 Å². The van der Waals surface area contributed by atoms with Crippen LogP contribution in [-0.4, -0.2) is 23.3 Å². The number of hydrogen-bond donors (Lipinski definition) is 2. The fourth-order valence-corrected chi connectivity index (χ4v) is 4.17. The van der Waals surface area contributed by atoms with Crippen molar-refractivity contribution in [3.8, 4) is 34.7 Å². The average Bonchev–Trinajstić information content (AvgIpc) is 3.54. The largest absolute Gasteiger partial charge is 0.493 e. The molecule has 10 heteroatoms. The summed E-state index contributed by atoms with van der Waals surface area (Å²) in [5.41, 5.74) is 9.17. The lowest BCUT2D eigenvalue weighted by Gasteiger charge is -2.24. The first-order chi connectivity index (χ1) is 17.0. The van der Waals surface area contributed by atoms with E-state index in [1.807, 2.05) is 24.3 Å². The molecule has 3 heterocycles. The fourth-order valence-electron chi connectivity index (χ4n) is 3.91. The molecule has 2 aromatic carbocycles. The normalized spacial score (nSPS) is 14.6. The lowest BCUT2D eigenvalue weighted by molar-refractivity contribution is 0.0696. The molecule has 0 amide bonds. The number of H-pyrrole nitrogens is 1. The Morgan fingerprint density at radius 3 is 2.69 bits per heavy atom. The van der Waals surface area contributed by atoms with E-state index in [0.29, 0.717) is 22.6 Å². The predicted molar refractivity (Wildman–Crippen MR) is 128 cm³/mol. The van der Waals surface area contributed by atoms with Gasteiger partial charge in [-0.3, -0.25) is 5.10 Å². The molecule has 0 saturated carbocycles. The summed E-state index contributed by atoms with van der Waals surface area (Å²) in [5.74, 6) is -0.484. The molecular weight excluding hydrogens is 516 g/mol. The van der Waals surface area contributed by atoms with Gasteiger partial charge in [0.1, 0.15) is 11.6 Å². The lowest BCUT2D eigenvalue weighted by atomic mass is 9.83. The highest BCUT2D eigenvalue weighted by Crippen LogP contribution is 2.47. The summed E-state index contributed by atoms with van der Waals surface area (Å²) in [6.07, 6.45) is 1.38. The minimum atomic E-state index is -0.663. The Morgan fingerprint density at radius 2 is 2.00 bits per heavy atom. The van der Waals surface area contributed by atoms with Gasteiger partial charge in [0.2, 0.25) is 17.5 Å². The van der Waals surface area contributed by atoms with Crippen LogP contribution in [-0.2, 0) is 0 Å². The maximum absolute atomic E-state index is 12.4. The number of nitriles is 1. The standard InChI is InChI=1S/C25H17BrN4O5/c1-32-19-11-14(6-9-17(19)34-25(31)18-3-2-10-33-18)20-16(12-27)23(28)35-24-21(20)22(29-30-24)13-4-7-15(26)8-5-13/h2-11,20H,28H2,1H3,(H,29,30). The zero-order valence-electron chi connectivity index (χ0n) is 18.2. The second kappa shape index (κ2) is 9.04. The van der Waals surface area contributed by atoms with Gasteiger partial charge in [-0.25, -0.2) is 4.79 Å². The topological polar surface area (TPSA) is 136 Å². The average molecular weight is 533 g/mol. The minimum Gasteiger partial charge on any atom is -0.493 e. The molecule has 35 heavy (non-hydrogen) atoms. The quantitative estimate of drug-likeness (QED) is 0.274. The van der Waals surface area contributed by atoms with E-state index in [0.717, 1.165) is 10.0 Å². The number of nitrogens with two attached hydrogens (primary N) is 1. The molecule has 0 spiro atoms. The minimum absolute atomic E-state index is 0.0360. The van der Waals surface area contributed by atoms with Gasteiger partial charge in [-0.05, 0) is 42.0 Å². The van der Waals surface area contributed by atoms with E-state index >= 15 is 0 Å². The Labute approximate surface area is 207 Å². The van der Waals surface area contributed by atoms with Crippen LogP contribution < -0.4 is 19.9 Å². The molecule has 0 radical (unpaired) electrons. The summed E-state index contributed by atoms with van der Waals surface area (Å²) in [6.45, 7) is 0. The highest BCUT2D eigenvalue weighted by atomic mass is 79.9. The summed E-state index contributed by atoms with van der Waals surface area (Å²) in [4.78, 5) is 12.4. The number of rotatable bonds is 5. The summed E-state index contributed by atoms with van der Waals surface area (Å²) < 4.78 is 22.6. The Hall–Kier alpha value is -4.49. The number of nitrogens with one attached hydrogen (secondary N) is 1. The molecule has 4 aromatic rings. The fraction of sp³-hybridized carbons (Fsp3) is 0.0800. The number of ether oxygens (including phenoxy) is 3. The smallest absolute Gasteiger partial charge is 0.379 e. The van der Waals surface area contributed by atoms with Crippen LogP contribution in [0.15, 0.2) is 81.2 Å². The van der Waals surface area contributed by atoms with Gasteiger partial charge in [0.25, 0.3) is 0 Å². The van der Waals surface area contributed by atoms with Crippen LogP contribution in [0.2, 0.25) is 0 Å². The van der Waals surface area contributed by atoms with Crippen molar-refractivity contribution in [2.75, 3.05) is 7.11 Å². The Kier molecular flexibility index (Phi) is 5.76. The molecule has 1 aliphatic heterocycles. The number of carbonyl (C=O) groups is 1. The third-order valence-electron chi connectivity index (χ3n) is 5.52. The number of furan rings is 1. The molecule has 174 valence electrons. The van der Waals surface area contributed by atoms with Crippen molar-refractivity contribution in [3.05, 3.63) is 93.7 Å². The number of nitrogens with zero attached hydrogens (tertiary/aromatic N) is 2. The van der Waals surface area contributed by atoms with Crippen LogP contribution >= 0.6 is 15.9 Å². The number of esters is 1. The molecule has 0 aliphatic carbocycles. The number of benzene rings is 2. The van der Waals surface area contributed by atoms with E-state index in [1.54, 1.807) is 24.3 Å². The van der Waals surface area contributed by atoms with Crippen molar-refractivity contribution in [3.63, 3.8) is 0 Å². The molecule has 9 nitrogen and oxygen atoms in total. The second-order valence-electron chi connectivity index (χ2n) is 7.53. The van der Waals surface area contributed by atoms with Gasteiger partial charge >= 0.3 is 5.97 Å². The van der Waals surface area contributed by atoms with Crippen LogP contribution in [0.3, 0.4) is 0 Å². The van der Waals surface area contributed by atoms with Gasteiger partial charge in [0.05, 0.1) is 30.5 Å². The van der Waals surface area contributed by atoms with Gasteiger partial charge < -0.3 is 24.4 Å². The first-order valence-corrected chi connectivity index (χ1v) is 11.1. The molecule has 0 bridgehead atoms. The van der Waals surface area contributed by atoms with E-state index in [9.17, 15) is 10.1 Å². The van der Waals surface area contributed by atoms with Crippen molar-refractivity contribution in [1.82, 2.24) is 10.2 Å². The first-order valence-electron chi connectivity index (χ1n) is 10.4. The predicted octanol–water partition coefficient (Wildman–Crippen LogP) is 4.88. The third kappa shape index (κ3) is 4.02. The van der Waals surface area contributed by atoms with Crippen LogP contribution in [0, 0.1) is 11.3 Å². The zero-order valence-corrected chi connectivity index (χ0v) is 19.8. The van der Waals surface area contributed by atoms with Crippen LogP contribution in [0.25, 0.3) is 11.3 Å². The molecule has 2 aromatic heterocycles. The van der Waals surface area contributed by atoms with Crippen molar-refractivity contribution in [1.29, 1.82) is 5.26 Å². The number of hydrogen-bond acceptors (Lipinski definition) is 8. The first kappa shape index (κ1) is 22.3. The summed E-state index contributed by atoms with van der Waals surface area (Å²) in [7, 11) is 1.46. The number of aromatic nitrogens is 2. The number of allylic oxidation sites excluding steroid dienone is 1. The summed E-state index contributed by atoms with van der Waals surface area (Å²) >= 11 is 3.44. The SMILES string of the molecule is COc1cc(C2C(C#N)=C(N)Oc3n[nH]c(-c4ccc(Br)cc4)c32)ccc1OC(=O)c1ccco1. The van der Waals surface area contributed by atoms with Crippen LogP contribution in [0.5, 0.6) is 17.4 Å². The van der Waals surface area contributed by atoms with Crippen molar-refractivity contribution in [2.45, 2.75) is 5.92 Å². The molecule has 1 atom stereocenters. The number of halogens is 1. The maximum atomic E-state index is 12.4. The molecule has 0 saturated heterocycles. The van der Waals surface area contributed by atoms with E-state index in [-0.39, 0.29) is 28.8 Å². The number of methoxy groups -OCH3 is 1. The Balaban J connectivity index is 1.59. The van der Waals surface area contributed by atoms with E-state index < -0.39 is 11.9 Å². The Bertz CT molecular complexity index is 1480. The third-order valence-corrected chi connectivity index (χ3v) is 6.05. The number of fused-ring (bicyclic) bond motifs is 1. The van der Waals surface area contributed by atoms with Gasteiger partial charge in [-0.15, -0.1) is 5.10 Å². The van der Waals surface area contributed by atoms with Crippen molar-refractivity contribution < 1.29 is 23.4 Å². The van der Waals surface area contributed by atoms with Crippen molar-refractivity contribution in [2.24, 2.45) is 5.73 Å². The van der Waals surface area contributed by atoms with Gasteiger partial charge in [0.15, 0.2) is 11.5 Å². The number of aromatic amines is 1. The van der Waals surface area contributed by atoms with Gasteiger partial charge in [0, 0.05) is 10.0 Å². The number of carbonyl (C=O) groups excluding carboxylic acids is 1. The Morgan fingerprint density at radius 1 is 1.20 bits per heavy atom. The highest BCUT2D eigenvalue weighted by molar-refractivity contribution is 9.10. The molecule has 5 rings (SSSR count). The lowest BCUT2D eigenvalue weighted by Crippen LogP contribution is -2.21. The van der Waals surface area contributed by atoms with Gasteiger partial charge in [-0.1, -0.05) is 34.1 Å². The molecule has 3 N–H and O–H groups in total. The van der Waals surface area contributed by atoms with Crippen LogP contribution in [0.4, 0.5) is 0 Å². The van der Waals surface area contributed by atoms with Crippen molar-refractivity contribution >= 4 is 21.9 Å². The zero-order chi connectivity index (χ0) is 24.5. The molecule has 1 unspecified atom stereocenters. The summed E-state index contributed by atoms with van der Waals surface area (Å²) in [6, 6.07) is 17.9.